The minimum Gasteiger partial charge on any atom is -0.462 e. The van der Waals surface area contributed by atoms with Crippen LogP contribution in [0.1, 0.15) is 54.4 Å². The summed E-state index contributed by atoms with van der Waals surface area (Å²) in [7, 11) is 0. The van der Waals surface area contributed by atoms with Crippen molar-refractivity contribution < 1.29 is 23.9 Å². The molecule has 1 aliphatic carbocycles. The van der Waals surface area contributed by atoms with E-state index in [1.54, 1.807) is 13.8 Å². The van der Waals surface area contributed by atoms with E-state index in [0.717, 1.165) is 29.7 Å². The van der Waals surface area contributed by atoms with Gasteiger partial charge in [0.05, 0.1) is 12.2 Å². The maximum absolute atomic E-state index is 12.3. The highest BCUT2D eigenvalue weighted by Gasteiger charge is 2.29. The Balaban J connectivity index is 2.20. The van der Waals surface area contributed by atoms with Crippen LogP contribution in [0.5, 0.6) is 0 Å². The molecule has 0 bridgehead atoms. The number of amides is 1. The van der Waals surface area contributed by atoms with E-state index in [2.05, 4.69) is 12.2 Å². The molecule has 2 rings (SSSR count). The molecule has 0 unspecified atom stereocenters. The predicted molar refractivity (Wildman–Crippen MR) is 91.3 cm³/mol. The zero-order valence-electron chi connectivity index (χ0n) is 14.3. The molecular formula is C17H23NO5S. The summed E-state index contributed by atoms with van der Waals surface area (Å²) in [6.07, 6.45) is 2.93. The van der Waals surface area contributed by atoms with Gasteiger partial charge in [-0.1, -0.05) is 13.8 Å². The summed E-state index contributed by atoms with van der Waals surface area (Å²) in [4.78, 5) is 36.6. The van der Waals surface area contributed by atoms with Gasteiger partial charge in [0.1, 0.15) is 5.00 Å². The average molecular weight is 353 g/mol. The highest BCUT2D eigenvalue weighted by molar-refractivity contribution is 7.17. The van der Waals surface area contributed by atoms with Crippen molar-refractivity contribution in [2.45, 2.75) is 46.5 Å². The monoisotopic (exact) mass is 353 g/mol. The van der Waals surface area contributed by atoms with Crippen molar-refractivity contribution in [3.8, 4) is 0 Å². The minimum absolute atomic E-state index is 0.215. The summed E-state index contributed by atoms with van der Waals surface area (Å²) >= 11 is 1.41. The number of anilines is 1. The van der Waals surface area contributed by atoms with Gasteiger partial charge in [-0.25, -0.2) is 4.79 Å². The Labute approximate surface area is 145 Å². The molecule has 6 nitrogen and oxygen atoms in total. The molecule has 0 radical (unpaired) electrons. The van der Waals surface area contributed by atoms with Crippen molar-refractivity contribution in [2.75, 3.05) is 18.5 Å². The van der Waals surface area contributed by atoms with E-state index < -0.39 is 17.8 Å². The molecule has 0 saturated heterocycles. The first-order chi connectivity index (χ1) is 11.5. The fourth-order valence-corrected chi connectivity index (χ4v) is 4.08. The molecule has 0 saturated carbocycles. The van der Waals surface area contributed by atoms with E-state index >= 15 is 0 Å². The molecule has 1 N–H and O–H groups in total. The summed E-state index contributed by atoms with van der Waals surface area (Å²) in [6, 6.07) is 0. The van der Waals surface area contributed by atoms with E-state index in [1.807, 2.05) is 0 Å². The minimum atomic E-state index is -0.450. The lowest BCUT2D eigenvalue weighted by Gasteiger charge is -2.18. The summed E-state index contributed by atoms with van der Waals surface area (Å²) in [5.41, 5.74) is 1.44. The van der Waals surface area contributed by atoms with Gasteiger partial charge in [-0.15, -0.1) is 11.3 Å². The topological polar surface area (TPSA) is 81.7 Å². The third-order valence-corrected chi connectivity index (χ3v) is 5.07. The number of thiophene rings is 1. The van der Waals surface area contributed by atoms with Crippen LogP contribution >= 0.6 is 11.3 Å². The van der Waals surface area contributed by atoms with Crippen LogP contribution < -0.4 is 5.32 Å². The van der Waals surface area contributed by atoms with Crippen LogP contribution in [0.25, 0.3) is 0 Å². The van der Waals surface area contributed by atoms with E-state index in [0.29, 0.717) is 16.5 Å². The number of nitrogens with one attached hydrogen (secondary N) is 1. The maximum atomic E-state index is 12.3. The Morgan fingerprint density at radius 2 is 2.00 bits per heavy atom. The second-order valence-electron chi connectivity index (χ2n) is 5.84. The number of rotatable bonds is 6. The fourth-order valence-electron chi connectivity index (χ4n) is 2.67. The second kappa shape index (κ2) is 8.28. The van der Waals surface area contributed by atoms with Gasteiger partial charge in [0.15, 0.2) is 6.61 Å². The molecule has 1 atom stereocenters. The highest BCUT2D eigenvalue weighted by atomic mass is 32.1. The van der Waals surface area contributed by atoms with Crippen LogP contribution in [0.4, 0.5) is 5.00 Å². The van der Waals surface area contributed by atoms with Gasteiger partial charge in [-0.2, -0.15) is 0 Å². The lowest BCUT2D eigenvalue weighted by molar-refractivity contribution is -0.146. The van der Waals surface area contributed by atoms with Crippen molar-refractivity contribution in [1.82, 2.24) is 0 Å². The van der Waals surface area contributed by atoms with Gasteiger partial charge in [0, 0.05) is 11.3 Å². The quantitative estimate of drug-likeness (QED) is 0.795. The molecule has 1 aromatic rings. The molecule has 0 fully saturated rings. The lowest BCUT2D eigenvalue weighted by atomic mass is 9.88. The SMILES string of the molecule is CCOC(=O)c1c(NC(=O)COC(=O)CC)sc2c1CC[C@@H](C)C2. The molecule has 7 heteroatoms. The van der Waals surface area contributed by atoms with Gasteiger partial charge < -0.3 is 14.8 Å². The predicted octanol–water partition coefficient (Wildman–Crippen LogP) is 2.94. The molecular weight excluding hydrogens is 330 g/mol. The Morgan fingerprint density at radius 3 is 2.67 bits per heavy atom. The van der Waals surface area contributed by atoms with Gasteiger partial charge in [0.25, 0.3) is 5.91 Å². The number of ether oxygens (including phenoxy) is 2. The summed E-state index contributed by atoms with van der Waals surface area (Å²) < 4.78 is 9.98. The molecule has 0 spiro atoms. The zero-order valence-corrected chi connectivity index (χ0v) is 15.1. The van der Waals surface area contributed by atoms with Crippen molar-refractivity contribution in [2.24, 2.45) is 5.92 Å². The van der Waals surface area contributed by atoms with Crippen molar-refractivity contribution in [3.05, 3.63) is 16.0 Å². The molecule has 24 heavy (non-hydrogen) atoms. The van der Waals surface area contributed by atoms with Crippen LogP contribution in [0.3, 0.4) is 0 Å². The molecule has 1 amide bonds. The Kier molecular flexibility index (Phi) is 6.36. The Bertz CT molecular complexity index is 637. The number of fused-ring (bicyclic) bond motifs is 1. The normalized spacial score (nSPS) is 16.2. The summed E-state index contributed by atoms with van der Waals surface area (Å²) in [5.74, 6) is -0.741. The number of carbonyl (C=O) groups is 3. The van der Waals surface area contributed by atoms with Crippen molar-refractivity contribution in [3.63, 3.8) is 0 Å². The van der Waals surface area contributed by atoms with E-state index in [9.17, 15) is 14.4 Å². The van der Waals surface area contributed by atoms with Crippen molar-refractivity contribution >= 4 is 34.2 Å². The van der Waals surface area contributed by atoms with Crippen LogP contribution in [0, 0.1) is 5.92 Å². The van der Waals surface area contributed by atoms with Gasteiger partial charge in [-0.05, 0) is 37.7 Å². The smallest absolute Gasteiger partial charge is 0.341 e. The first-order valence-corrected chi connectivity index (χ1v) is 9.04. The number of hydrogen-bond donors (Lipinski definition) is 1. The first-order valence-electron chi connectivity index (χ1n) is 8.23. The van der Waals surface area contributed by atoms with Crippen LogP contribution in [0.2, 0.25) is 0 Å². The lowest BCUT2D eigenvalue weighted by Crippen LogP contribution is -2.21. The third kappa shape index (κ3) is 4.35. The van der Waals surface area contributed by atoms with Crippen LogP contribution in [-0.2, 0) is 31.9 Å². The largest absolute Gasteiger partial charge is 0.462 e. The van der Waals surface area contributed by atoms with Crippen LogP contribution in [0.15, 0.2) is 0 Å². The Hall–Kier alpha value is -1.89. The molecule has 0 aromatic carbocycles. The maximum Gasteiger partial charge on any atom is 0.341 e. The molecule has 0 aliphatic heterocycles. The molecule has 1 aromatic heterocycles. The standard InChI is InChI=1S/C17H23NO5S/c1-4-14(20)23-9-13(19)18-16-15(17(21)22-5-2)11-7-6-10(3)8-12(11)24-16/h10H,4-9H2,1-3H3,(H,18,19)/t10-/m1/s1. The molecule has 132 valence electrons. The summed E-state index contributed by atoms with van der Waals surface area (Å²) in [5, 5.41) is 3.19. The van der Waals surface area contributed by atoms with Crippen molar-refractivity contribution in [1.29, 1.82) is 0 Å². The van der Waals surface area contributed by atoms with Crippen LogP contribution in [-0.4, -0.2) is 31.1 Å². The fraction of sp³-hybridized carbons (Fsp3) is 0.588. The average Bonchev–Trinajstić information content (AvgIpc) is 2.89. The number of esters is 2. The molecule has 1 aliphatic rings. The third-order valence-electron chi connectivity index (χ3n) is 3.90. The summed E-state index contributed by atoms with van der Waals surface area (Å²) in [6.45, 7) is 5.51. The van der Waals surface area contributed by atoms with E-state index in [1.165, 1.54) is 11.3 Å². The number of hydrogen-bond acceptors (Lipinski definition) is 6. The Morgan fingerprint density at radius 1 is 1.25 bits per heavy atom. The van der Waals surface area contributed by atoms with Gasteiger partial charge in [-0.3, -0.25) is 9.59 Å². The van der Waals surface area contributed by atoms with Gasteiger partial charge >= 0.3 is 11.9 Å². The first kappa shape index (κ1) is 18.4. The second-order valence-corrected chi connectivity index (χ2v) is 6.94. The zero-order chi connectivity index (χ0) is 17.7. The van der Waals surface area contributed by atoms with Gasteiger partial charge in [0.2, 0.25) is 0 Å². The highest BCUT2D eigenvalue weighted by Crippen LogP contribution is 2.40. The van der Waals surface area contributed by atoms with E-state index in [-0.39, 0.29) is 19.6 Å². The van der Waals surface area contributed by atoms with E-state index in [4.69, 9.17) is 9.47 Å². The molecule has 1 heterocycles. The number of carbonyl (C=O) groups excluding carboxylic acids is 3.